The van der Waals surface area contributed by atoms with Gasteiger partial charge < -0.3 is 21.7 Å². The second-order valence-corrected chi connectivity index (χ2v) is 3.86. The molecule has 0 aliphatic heterocycles. The quantitative estimate of drug-likeness (QED) is 0.340. The van der Waals surface area contributed by atoms with Crippen molar-refractivity contribution in [3.05, 3.63) is 41.6 Å². The van der Waals surface area contributed by atoms with Gasteiger partial charge in [-0.3, -0.25) is 0 Å². The second kappa shape index (κ2) is 8.63. The van der Waals surface area contributed by atoms with Crippen LogP contribution in [0.1, 0.15) is 20.0 Å². The van der Waals surface area contributed by atoms with Gasteiger partial charge in [0.15, 0.2) is 0 Å². The number of rotatable bonds is 5. The van der Waals surface area contributed by atoms with Crippen molar-refractivity contribution in [1.82, 2.24) is 5.32 Å². The molecule has 6 nitrogen and oxygen atoms in total. The molecule has 1 rings (SSSR count). The zero-order valence-electron chi connectivity index (χ0n) is 12.6. The molecular weight excluding hydrogens is 273 g/mol. The minimum atomic E-state index is -1.09. The van der Waals surface area contributed by atoms with Crippen LogP contribution in [0.3, 0.4) is 0 Å². The molecule has 1 aromatic rings. The van der Waals surface area contributed by atoms with E-state index in [9.17, 15) is 9.59 Å². The van der Waals surface area contributed by atoms with Crippen LogP contribution in [0.5, 0.6) is 5.75 Å². The fourth-order valence-corrected chi connectivity index (χ4v) is 1.46. The first-order valence-electron chi connectivity index (χ1n) is 5.48. The number of hydrogen-bond acceptors (Lipinski definition) is 5. The number of aromatic hydroxyl groups is 1. The van der Waals surface area contributed by atoms with E-state index in [0.29, 0.717) is 11.3 Å². The SMILES string of the molecule is COC(=O)C=C(C)NC(C(=O)O)c1ccc(O)cc1.[H-].[Na+]. The number of benzene rings is 1. The number of allylic oxidation sites excluding steroid dienone is 1. The Morgan fingerprint density at radius 1 is 1.35 bits per heavy atom. The number of carboxylic acid groups (broad SMARTS) is 1. The molecule has 1 atom stereocenters. The molecule has 0 aliphatic rings. The van der Waals surface area contributed by atoms with Crippen LogP contribution in [-0.2, 0) is 14.3 Å². The maximum absolute atomic E-state index is 11.2. The van der Waals surface area contributed by atoms with Gasteiger partial charge in [-0.15, -0.1) is 0 Å². The summed E-state index contributed by atoms with van der Waals surface area (Å²) in [4.78, 5) is 22.2. The van der Waals surface area contributed by atoms with E-state index >= 15 is 0 Å². The maximum Gasteiger partial charge on any atom is 1.00 e. The molecule has 3 N–H and O–H groups in total. The number of carboxylic acids is 1. The Kier molecular flexibility index (Phi) is 7.98. The van der Waals surface area contributed by atoms with Crippen molar-refractivity contribution in [1.29, 1.82) is 0 Å². The molecule has 0 amide bonds. The summed E-state index contributed by atoms with van der Waals surface area (Å²) in [5, 5.41) is 21.0. The number of hydrogen-bond donors (Lipinski definition) is 3. The van der Waals surface area contributed by atoms with Crippen molar-refractivity contribution in [2.45, 2.75) is 13.0 Å². The predicted octanol–water partition coefficient (Wildman–Crippen LogP) is -1.70. The van der Waals surface area contributed by atoms with Crippen molar-refractivity contribution in [2.24, 2.45) is 0 Å². The van der Waals surface area contributed by atoms with E-state index in [-0.39, 0.29) is 36.7 Å². The van der Waals surface area contributed by atoms with E-state index < -0.39 is 18.0 Å². The van der Waals surface area contributed by atoms with Gasteiger partial charge in [0.05, 0.1) is 7.11 Å². The fraction of sp³-hybridized carbons (Fsp3) is 0.231. The smallest absolute Gasteiger partial charge is 1.00 e. The molecule has 1 aromatic carbocycles. The molecule has 0 spiro atoms. The molecule has 20 heavy (non-hydrogen) atoms. The zero-order valence-corrected chi connectivity index (χ0v) is 13.6. The summed E-state index contributed by atoms with van der Waals surface area (Å²) < 4.78 is 4.45. The average molecular weight is 289 g/mol. The summed E-state index contributed by atoms with van der Waals surface area (Å²) in [7, 11) is 1.24. The van der Waals surface area contributed by atoms with Crippen molar-refractivity contribution < 1.29 is 55.5 Å². The van der Waals surface area contributed by atoms with Gasteiger partial charge in [-0.05, 0) is 24.6 Å². The molecule has 0 radical (unpaired) electrons. The molecule has 0 saturated carbocycles. The van der Waals surface area contributed by atoms with E-state index in [1.807, 2.05) is 0 Å². The first-order valence-corrected chi connectivity index (χ1v) is 5.48. The third-order valence-corrected chi connectivity index (χ3v) is 2.38. The third-order valence-electron chi connectivity index (χ3n) is 2.38. The Hall–Kier alpha value is -1.50. The Morgan fingerprint density at radius 3 is 2.35 bits per heavy atom. The van der Waals surface area contributed by atoms with Gasteiger partial charge in [0.25, 0.3) is 0 Å². The van der Waals surface area contributed by atoms with Crippen molar-refractivity contribution in [3.63, 3.8) is 0 Å². The van der Waals surface area contributed by atoms with Gasteiger partial charge in [0, 0.05) is 11.8 Å². The van der Waals surface area contributed by atoms with Gasteiger partial charge in [-0.2, -0.15) is 0 Å². The summed E-state index contributed by atoms with van der Waals surface area (Å²) in [6, 6.07) is 4.76. The van der Waals surface area contributed by atoms with Crippen molar-refractivity contribution in [2.75, 3.05) is 7.11 Å². The second-order valence-electron chi connectivity index (χ2n) is 3.86. The van der Waals surface area contributed by atoms with Gasteiger partial charge in [-0.1, -0.05) is 12.1 Å². The van der Waals surface area contributed by atoms with E-state index in [0.717, 1.165) is 6.08 Å². The van der Waals surface area contributed by atoms with E-state index in [1.165, 1.54) is 31.4 Å². The van der Waals surface area contributed by atoms with Crippen molar-refractivity contribution in [3.8, 4) is 5.75 Å². The number of esters is 1. The van der Waals surface area contributed by atoms with E-state index in [2.05, 4.69) is 10.1 Å². The fourth-order valence-electron chi connectivity index (χ4n) is 1.46. The normalized spacial score (nSPS) is 12.0. The Bertz CT molecular complexity index is 504. The van der Waals surface area contributed by atoms with Crippen LogP contribution >= 0.6 is 0 Å². The number of aliphatic carboxylic acids is 1. The standard InChI is InChI=1S/C13H15NO5.Na.H/c1-8(7-11(16)19-2)14-12(13(17)18)9-3-5-10(15)6-4-9;;/h3-7,12,14-15H,1-2H3,(H,17,18);;/q;+1;-1. The monoisotopic (exact) mass is 289 g/mol. The largest absolute Gasteiger partial charge is 1.00 e. The van der Waals surface area contributed by atoms with Crippen LogP contribution in [0.15, 0.2) is 36.0 Å². The Balaban J connectivity index is 0. The first-order chi connectivity index (χ1) is 8.93. The van der Waals surface area contributed by atoms with Crippen LogP contribution in [0.4, 0.5) is 0 Å². The molecule has 0 bridgehead atoms. The number of methoxy groups -OCH3 is 1. The number of carbonyl (C=O) groups is 2. The Morgan fingerprint density at radius 2 is 1.90 bits per heavy atom. The third kappa shape index (κ3) is 5.64. The number of ether oxygens (including phenoxy) is 1. The van der Waals surface area contributed by atoms with Gasteiger partial charge in [-0.25, -0.2) is 9.59 Å². The molecule has 7 heteroatoms. The van der Waals surface area contributed by atoms with Crippen LogP contribution in [-0.4, -0.2) is 29.3 Å². The van der Waals surface area contributed by atoms with Crippen LogP contribution in [0, 0.1) is 0 Å². The maximum atomic E-state index is 11.2. The molecular formula is C13H16NNaO5. The molecule has 0 fully saturated rings. The summed E-state index contributed by atoms with van der Waals surface area (Å²) in [6.07, 6.45) is 1.16. The predicted molar refractivity (Wildman–Crippen MR) is 68.5 cm³/mol. The van der Waals surface area contributed by atoms with E-state index in [4.69, 9.17) is 10.2 Å². The summed E-state index contributed by atoms with van der Waals surface area (Å²) >= 11 is 0. The van der Waals surface area contributed by atoms with Crippen LogP contribution < -0.4 is 34.9 Å². The van der Waals surface area contributed by atoms with E-state index in [1.54, 1.807) is 6.92 Å². The summed E-state index contributed by atoms with van der Waals surface area (Å²) in [5.74, 6) is -1.61. The number of carbonyl (C=O) groups excluding carboxylic acids is 1. The topological polar surface area (TPSA) is 95.9 Å². The van der Waals surface area contributed by atoms with Crippen molar-refractivity contribution >= 4 is 11.9 Å². The Labute approximate surface area is 140 Å². The van der Waals surface area contributed by atoms with Gasteiger partial charge in [0.2, 0.25) is 0 Å². The zero-order chi connectivity index (χ0) is 14.4. The summed E-state index contributed by atoms with van der Waals surface area (Å²) in [5.41, 5.74) is 0.829. The minimum absolute atomic E-state index is 0. The minimum Gasteiger partial charge on any atom is -1.00 e. The molecule has 104 valence electrons. The number of nitrogens with one attached hydrogen (secondary N) is 1. The van der Waals surface area contributed by atoms with Gasteiger partial charge in [0.1, 0.15) is 11.8 Å². The number of phenolic OH excluding ortho intramolecular Hbond substituents is 1. The van der Waals surface area contributed by atoms with Crippen LogP contribution in [0.2, 0.25) is 0 Å². The average Bonchev–Trinajstić information content (AvgIpc) is 2.36. The first kappa shape index (κ1) is 18.5. The summed E-state index contributed by atoms with van der Waals surface area (Å²) in [6.45, 7) is 1.56. The molecule has 0 saturated heterocycles. The molecule has 0 heterocycles. The number of phenols is 1. The van der Waals surface area contributed by atoms with Crippen LogP contribution in [0.25, 0.3) is 0 Å². The molecule has 1 unspecified atom stereocenters. The molecule has 0 aliphatic carbocycles. The molecule has 0 aromatic heterocycles. The van der Waals surface area contributed by atoms with Gasteiger partial charge >= 0.3 is 41.5 Å².